The van der Waals surface area contributed by atoms with Crippen molar-refractivity contribution in [1.29, 1.82) is 0 Å². The number of thioether (sulfide) groups is 1. The molecule has 3 N–H and O–H groups in total. The quantitative estimate of drug-likeness (QED) is 0.891. The molecule has 1 amide bonds. The molecular weight excluding hydrogens is 264 g/mol. The Labute approximate surface area is 117 Å². The number of aryl methyl sites for hydroxylation is 1. The molecule has 1 aromatic heterocycles. The number of carbonyl (C=O) groups is 1. The standard InChI is InChI=1S/C13H20N2OS2/c1-8(2)10(6-14)15-13(16)12-5-9-7-17-4-3-11(9)18-12/h5,8,10H,3-4,6-7,14H2,1-2H3,(H,15,16). The van der Waals surface area contributed by atoms with Gasteiger partial charge in [-0.05, 0) is 29.7 Å². The van der Waals surface area contributed by atoms with E-state index >= 15 is 0 Å². The molecule has 1 aliphatic rings. The lowest BCUT2D eigenvalue weighted by Gasteiger charge is -2.19. The van der Waals surface area contributed by atoms with Crippen molar-refractivity contribution in [3.63, 3.8) is 0 Å². The molecule has 100 valence electrons. The Morgan fingerprint density at radius 2 is 2.33 bits per heavy atom. The summed E-state index contributed by atoms with van der Waals surface area (Å²) in [6, 6.07) is 2.11. The molecule has 1 atom stereocenters. The molecule has 0 aliphatic carbocycles. The van der Waals surface area contributed by atoms with Crippen molar-refractivity contribution in [1.82, 2.24) is 5.32 Å². The summed E-state index contributed by atoms with van der Waals surface area (Å²) in [6.07, 6.45) is 1.10. The van der Waals surface area contributed by atoms with E-state index in [1.807, 2.05) is 11.8 Å². The molecule has 0 aromatic carbocycles. The van der Waals surface area contributed by atoms with Gasteiger partial charge in [0.2, 0.25) is 0 Å². The first kappa shape index (κ1) is 13.9. The third kappa shape index (κ3) is 3.08. The minimum Gasteiger partial charge on any atom is -0.347 e. The number of fused-ring (bicyclic) bond motifs is 1. The summed E-state index contributed by atoms with van der Waals surface area (Å²) in [5.74, 6) is 2.61. The van der Waals surface area contributed by atoms with Gasteiger partial charge >= 0.3 is 0 Å². The molecule has 2 rings (SSSR count). The molecule has 0 bridgehead atoms. The highest BCUT2D eigenvalue weighted by atomic mass is 32.2. The summed E-state index contributed by atoms with van der Waals surface area (Å²) in [4.78, 5) is 14.4. The molecule has 0 spiro atoms. The number of nitrogens with two attached hydrogens (primary N) is 1. The van der Waals surface area contributed by atoms with Crippen molar-refractivity contribution < 1.29 is 4.79 Å². The third-order valence-corrected chi connectivity index (χ3v) is 5.47. The van der Waals surface area contributed by atoms with Crippen LogP contribution in [0.25, 0.3) is 0 Å². The van der Waals surface area contributed by atoms with Gasteiger partial charge in [0.05, 0.1) is 4.88 Å². The van der Waals surface area contributed by atoms with Gasteiger partial charge < -0.3 is 11.1 Å². The van der Waals surface area contributed by atoms with Crippen LogP contribution in [0.15, 0.2) is 6.07 Å². The molecule has 1 aromatic rings. The number of rotatable bonds is 4. The first-order valence-electron chi connectivity index (χ1n) is 6.32. The van der Waals surface area contributed by atoms with Crippen molar-refractivity contribution in [3.8, 4) is 0 Å². The summed E-state index contributed by atoms with van der Waals surface area (Å²) in [6.45, 7) is 4.64. The second-order valence-corrected chi connectivity index (χ2v) is 7.16. The van der Waals surface area contributed by atoms with Crippen LogP contribution in [0.5, 0.6) is 0 Å². The first-order valence-corrected chi connectivity index (χ1v) is 8.29. The monoisotopic (exact) mass is 284 g/mol. The Morgan fingerprint density at radius 1 is 1.56 bits per heavy atom. The van der Waals surface area contributed by atoms with Crippen LogP contribution in [-0.2, 0) is 12.2 Å². The van der Waals surface area contributed by atoms with Crippen molar-refractivity contribution in [2.75, 3.05) is 12.3 Å². The predicted molar refractivity (Wildman–Crippen MR) is 79.3 cm³/mol. The smallest absolute Gasteiger partial charge is 0.261 e. The number of thiophene rings is 1. The average molecular weight is 284 g/mol. The van der Waals surface area contributed by atoms with Gasteiger partial charge in [0.15, 0.2) is 0 Å². The van der Waals surface area contributed by atoms with Crippen LogP contribution in [0.3, 0.4) is 0 Å². The maximum atomic E-state index is 12.2. The molecule has 3 nitrogen and oxygen atoms in total. The van der Waals surface area contributed by atoms with Crippen LogP contribution in [0.4, 0.5) is 0 Å². The van der Waals surface area contributed by atoms with Crippen molar-refractivity contribution in [3.05, 3.63) is 21.4 Å². The van der Waals surface area contributed by atoms with Gasteiger partial charge in [-0.3, -0.25) is 4.79 Å². The summed E-state index contributed by atoms with van der Waals surface area (Å²) in [5.41, 5.74) is 7.03. The van der Waals surface area contributed by atoms with Crippen LogP contribution in [-0.4, -0.2) is 24.2 Å². The Balaban J connectivity index is 2.06. The summed E-state index contributed by atoms with van der Waals surface area (Å²) in [7, 11) is 0. The lowest BCUT2D eigenvalue weighted by Crippen LogP contribution is -2.43. The SMILES string of the molecule is CC(C)C(CN)NC(=O)c1cc2c(s1)CCSC2. The van der Waals surface area contributed by atoms with E-state index in [1.165, 1.54) is 16.2 Å². The van der Waals surface area contributed by atoms with Gasteiger partial charge in [0.1, 0.15) is 0 Å². The molecule has 0 saturated carbocycles. The van der Waals surface area contributed by atoms with Gasteiger partial charge in [-0.15, -0.1) is 11.3 Å². The molecule has 0 saturated heterocycles. The first-order chi connectivity index (χ1) is 8.61. The Kier molecular flexibility index (Phi) is 4.70. The zero-order valence-electron chi connectivity index (χ0n) is 10.9. The second kappa shape index (κ2) is 6.08. The maximum absolute atomic E-state index is 12.2. The van der Waals surface area contributed by atoms with E-state index < -0.39 is 0 Å². The number of carbonyl (C=O) groups excluding carboxylic acids is 1. The molecule has 5 heteroatoms. The number of hydrogen-bond acceptors (Lipinski definition) is 4. The minimum atomic E-state index is 0.0311. The molecule has 2 heterocycles. The van der Waals surface area contributed by atoms with Crippen LogP contribution in [0.2, 0.25) is 0 Å². The zero-order chi connectivity index (χ0) is 13.1. The summed E-state index contributed by atoms with van der Waals surface area (Å²) >= 11 is 3.58. The number of amides is 1. The Morgan fingerprint density at radius 3 is 2.94 bits per heavy atom. The average Bonchev–Trinajstić information content (AvgIpc) is 2.79. The van der Waals surface area contributed by atoms with Gasteiger partial charge in [-0.25, -0.2) is 0 Å². The molecule has 0 radical (unpaired) electrons. The largest absolute Gasteiger partial charge is 0.347 e. The van der Waals surface area contributed by atoms with E-state index in [0.717, 1.165) is 17.1 Å². The van der Waals surface area contributed by atoms with E-state index in [9.17, 15) is 4.79 Å². The molecule has 0 fully saturated rings. The Hall–Kier alpha value is -0.520. The minimum absolute atomic E-state index is 0.0311. The molecule has 1 unspecified atom stereocenters. The fraction of sp³-hybridized carbons (Fsp3) is 0.615. The highest BCUT2D eigenvalue weighted by Crippen LogP contribution is 2.31. The highest BCUT2D eigenvalue weighted by Gasteiger charge is 2.20. The van der Waals surface area contributed by atoms with Crippen LogP contribution >= 0.6 is 23.1 Å². The van der Waals surface area contributed by atoms with Crippen molar-refractivity contribution >= 4 is 29.0 Å². The Bertz CT molecular complexity index is 405. The molecule has 18 heavy (non-hydrogen) atoms. The fourth-order valence-electron chi connectivity index (χ4n) is 2.00. The van der Waals surface area contributed by atoms with Crippen LogP contribution < -0.4 is 11.1 Å². The van der Waals surface area contributed by atoms with Gasteiger partial charge in [0.25, 0.3) is 5.91 Å². The third-order valence-electron chi connectivity index (χ3n) is 3.23. The van der Waals surface area contributed by atoms with E-state index in [2.05, 4.69) is 25.2 Å². The van der Waals surface area contributed by atoms with Gasteiger partial charge in [-0.2, -0.15) is 11.8 Å². The number of hydrogen-bond donors (Lipinski definition) is 2. The highest BCUT2D eigenvalue weighted by molar-refractivity contribution is 7.98. The lowest BCUT2D eigenvalue weighted by molar-refractivity contribution is 0.0932. The topological polar surface area (TPSA) is 55.1 Å². The molecular formula is C13H20N2OS2. The van der Waals surface area contributed by atoms with E-state index in [-0.39, 0.29) is 11.9 Å². The molecule has 1 aliphatic heterocycles. The predicted octanol–water partition coefficient (Wildman–Crippen LogP) is 2.25. The summed E-state index contributed by atoms with van der Waals surface area (Å²) < 4.78 is 0. The maximum Gasteiger partial charge on any atom is 0.261 e. The zero-order valence-corrected chi connectivity index (χ0v) is 12.5. The fourth-order valence-corrected chi connectivity index (χ4v) is 4.27. The lowest BCUT2D eigenvalue weighted by atomic mass is 10.0. The van der Waals surface area contributed by atoms with Crippen molar-refractivity contribution in [2.24, 2.45) is 11.7 Å². The van der Waals surface area contributed by atoms with E-state index in [0.29, 0.717) is 12.5 Å². The number of nitrogens with one attached hydrogen (secondary N) is 1. The van der Waals surface area contributed by atoms with E-state index in [4.69, 9.17) is 5.73 Å². The van der Waals surface area contributed by atoms with E-state index in [1.54, 1.807) is 11.3 Å². The van der Waals surface area contributed by atoms with Gasteiger partial charge in [-0.1, -0.05) is 13.8 Å². The van der Waals surface area contributed by atoms with Crippen molar-refractivity contribution in [2.45, 2.75) is 32.1 Å². The summed E-state index contributed by atoms with van der Waals surface area (Å²) in [5, 5.41) is 3.03. The van der Waals surface area contributed by atoms with Crippen LogP contribution in [0, 0.1) is 5.92 Å². The van der Waals surface area contributed by atoms with Gasteiger partial charge in [0, 0.05) is 23.2 Å². The second-order valence-electron chi connectivity index (χ2n) is 4.92. The van der Waals surface area contributed by atoms with Crippen LogP contribution in [0.1, 0.15) is 34.0 Å². The normalized spacial score (nSPS) is 16.4.